The lowest BCUT2D eigenvalue weighted by atomic mass is 10.0. The van der Waals surface area contributed by atoms with E-state index in [1.807, 2.05) is 6.92 Å². The summed E-state index contributed by atoms with van der Waals surface area (Å²) in [5.74, 6) is -1.39. The summed E-state index contributed by atoms with van der Waals surface area (Å²) in [6.45, 7) is 3.18. The van der Waals surface area contributed by atoms with Crippen molar-refractivity contribution in [3.63, 3.8) is 0 Å². The highest BCUT2D eigenvalue weighted by Gasteiger charge is 2.30. The van der Waals surface area contributed by atoms with Crippen molar-refractivity contribution in [3.8, 4) is 0 Å². The van der Waals surface area contributed by atoms with Gasteiger partial charge in [0.05, 0.1) is 18.1 Å². The van der Waals surface area contributed by atoms with Crippen LogP contribution in [0.25, 0.3) is 0 Å². The fourth-order valence-corrected chi connectivity index (χ4v) is 1.78. The molecule has 3 unspecified atom stereocenters. The Kier molecular flexibility index (Phi) is 4.47. The average molecular weight is 245 g/mol. The van der Waals surface area contributed by atoms with Crippen molar-refractivity contribution in [1.29, 1.82) is 0 Å². The zero-order valence-corrected chi connectivity index (χ0v) is 10.1. The van der Waals surface area contributed by atoms with Gasteiger partial charge in [-0.25, -0.2) is 0 Å². The number of hydrogen-bond acceptors (Lipinski definition) is 4. The maximum Gasteiger partial charge on any atom is 0.306 e. The third-order valence-electron chi connectivity index (χ3n) is 2.70. The van der Waals surface area contributed by atoms with Gasteiger partial charge in [0.2, 0.25) is 5.91 Å². The second-order valence-corrected chi connectivity index (χ2v) is 4.80. The van der Waals surface area contributed by atoms with E-state index in [-0.39, 0.29) is 18.6 Å². The van der Waals surface area contributed by atoms with Gasteiger partial charge in [-0.2, -0.15) is 0 Å². The summed E-state index contributed by atoms with van der Waals surface area (Å²) in [7, 11) is 0. The number of ether oxygens (including phenoxy) is 1. The molecule has 0 aromatic rings. The molecule has 1 saturated heterocycles. The molecule has 1 heterocycles. The first-order valence-corrected chi connectivity index (χ1v) is 5.67. The molecule has 0 radical (unpaired) electrons. The van der Waals surface area contributed by atoms with Crippen LogP contribution >= 0.6 is 0 Å². The Morgan fingerprint density at radius 2 is 2.12 bits per heavy atom. The Bertz CT molecular complexity index is 302. The van der Waals surface area contributed by atoms with Gasteiger partial charge in [0, 0.05) is 6.54 Å². The summed E-state index contributed by atoms with van der Waals surface area (Å²) in [5, 5.41) is 20.8. The molecule has 3 N–H and O–H groups in total. The van der Waals surface area contributed by atoms with Gasteiger partial charge < -0.3 is 20.3 Å². The van der Waals surface area contributed by atoms with Crippen LogP contribution in [-0.2, 0) is 14.3 Å². The van der Waals surface area contributed by atoms with E-state index < -0.39 is 24.1 Å². The number of carboxylic acids is 1. The number of carbonyl (C=O) groups excluding carboxylic acids is 1. The standard InChI is InChI=1S/C11H19NO5/c1-7-3-4-8(17-7)10(15)12-6-11(2,16)5-9(13)14/h7-8,16H,3-6H2,1-2H3,(H,12,15)(H,13,14). The van der Waals surface area contributed by atoms with Crippen molar-refractivity contribution < 1.29 is 24.5 Å². The highest BCUT2D eigenvalue weighted by Crippen LogP contribution is 2.19. The van der Waals surface area contributed by atoms with Gasteiger partial charge in [0.15, 0.2) is 0 Å². The van der Waals surface area contributed by atoms with Gasteiger partial charge in [-0.05, 0) is 26.7 Å². The van der Waals surface area contributed by atoms with Crippen LogP contribution in [0.4, 0.5) is 0 Å². The summed E-state index contributed by atoms with van der Waals surface area (Å²) < 4.78 is 5.36. The van der Waals surface area contributed by atoms with E-state index >= 15 is 0 Å². The number of amides is 1. The lowest BCUT2D eigenvalue weighted by molar-refractivity contribution is -0.143. The second-order valence-electron chi connectivity index (χ2n) is 4.80. The van der Waals surface area contributed by atoms with Crippen molar-refractivity contribution in [1.82, 2.24) is 5.32 Å². The fourth-order valence-electron chi connectivity index (χ4n) is 1.78. The number of nitrogens with one attached hydrogen (secondary N) is 1. The maximum absolute atomic E-state index is 11.6. The van der Waals surface area contributed by atoms with Crippen LogP contribution in [0.3, 0.4) is 0 Å². The molecule has 1 aliphatic rings. The molecule has 0 aromatic heterocycles. The molecule has 1 rings (SSSR count). The third-order valence-corrected chi connectivity index (χ3v) is 2.70. The molecule has 1 fully saturated rings. The first-order valence-electron chi connectivity index (χ1n) is 5.67. The lowest BCUT2D eigenvalue weighted by Gasteiger charge is -2.22. The predicted octanol–water partition coefficient (Wildman–Crippen LogP) is -0.104. The molecule has 3 atom stereocenters. The molecule has 98 valence electrons. The van der Waals surface area contributed by atoms with Crippen molar-refractivity contribution in [2.24, 2.45) is 0 Å². The summed E-state index contributed by atoms with van der Waals surface area (Å²) in [4.78, 5) is 22.1. The molecule has 0 saturated carbocycles. The zero-order chi connectivity index (χ0) is 13.1. The number of hydrogen-bond donors (Lipinski definition) is 3. The van der Waals surface area contributed by atoms with Crippen LogP contribution in [-0.4, -0.2) is 46.4 Å². The summed E-state index contributed by atoms with van der Waals surface area (Å²) >= 11 is 0. The van der Waals surface area contributed by atoms with E-state index in [0.717, 1.165) is 6.42 Å². The molecular weight excluding hydrogens is 226 g/mol. The minimum absolute atomic E-state index is 0.0743. The molecule has 1 aliphatic heterocycles. The summed E-state index contributed by atoms with van der Waals surface area (Å²) in [6.07, 6.45) is 0.684. The lowest BCUT2D eigenvalue weighted by Crippen LogP contribution is -2.45. The normalized spacial score (nSPS) is 27.5. The Morgan fingerprint density at radius 1 is 1.47 bits per heavy atom. The monoisotopic (exact) mass is 245 g/mol. The van der Waals surface area contributed by atoms with Gasteiger partial charge in [0.25, 0.3) is 0 Å². The summed E-state index contributed by atoms with van der Waals surface area (Å²) in [5.41, 5.74) is -1.44. The Hall–Kier alpha value is -1.14. The maximum atomic E-state index is 11.6. The number of carbonyl (C=O) groups is 2. The Balaban J connectivity index is 2.34. The Labute approximate surface area is 100.0 Å². The van der Waals surface area contributed by atoms with E-state index in [0.29, 0.717) is 6.42 Å². The largest absolute Gasteiger partial charge is 0.481 e. The molecule has 0 aliphatic carbocycles. The van der Waals surface area contributed by atoms with Crippen LogP contribution in [0.1, 0.15) is 33.1 Å². The van der Waals surface area contributed by atoms with Crippen molar-refractivity contribution >= 4 is 11.9 Å². The van der Waals surface area contributed by atoms with E-state index in [4.69, 9.17) is 9.84 Å². The quantitative estimate of drug-likeness (QED) is 0.628. The summed E-state index contributed by atoms with van der Waals surface area (Å²) in [6, 6.07) is 0. The number of rotatable bonds is 5. The molecule has 1 amide bonds. The van der Waals surface area contributed by atoms with E-state index in [1.165, 1.54) is 6.92 Å². The molecular formula is C11H19NO5. The van der Waals surface area contributed by atoms with Crippen LogP contribution in [0.2, 0.25) is 0 Å². The second kappa shape index (κ2) is 5.46. The number of aliphatic hydroxyl groups is 1. The topological polar surface area (TPSA) is 95.9 Å². The van der Waals surface area contributed by atoms with Gasteiger partial charge in [-0.3, -0.25) is 9.59 Å². The average Bonchev–Trinajstić information content (AvgIpc) is 2.59. The molecule has 6 nitrogen and oxygen atoms in total. The molecule has 17 heavy (non-hydrogen) atoms. The van der Waals surface area contributed by atoms with Gasteiger partial charge in [0.1, 0.15) is 6.10 Å². The third kappa shape index (κ3) is 4.70. The van der Waals surface area contributed by atoms with Gasteiger partial charge in [-0.15, -0.1) is 0 Å². The van der Waals surface area contributed by atoms with E-state index in [9.17, 15) is 14.7 Å². The van der Waals surface area contributed by atoms with E-state index in [1.54, 1.807) is 0 Å². The van der Waals surface area contributed by atoms with Crippen molar-refractivity contribution in [3.05, 3.63) is 0 Å². The van der Waals surface area contributed by atoms with Crippen LogP contribution in [0, 0.1) is 0 Å². The molecule has 0 bridgehead atoms. The number of aliphatic carboxylic acids is 1. The molecule has 0 aromatic carbocycles. The minimum Gasteiger partial charge on any atom is -0.481 e. The number of carboxylic acid groups (broad SMARTS) is 1. The molecule has 0 spiro atoms. The van der Waals surface area contributed by atoms with Crippen LogP contribution in [0.15, 0.2) is 0 Å². The first kappa shape index (κ1) is 13.9. The smallest absolute Gasteiger partial charge is 0.306 e. The first-order chi connectivity index (χ1) is 7.80. The van der Waals surface area contributed by atoms with E-state index in [2.05, 4.69) is 5.32 Å². The van der Waals surface area contributed by atoms with Crippen LogP contribution in [0.5, 0.6) is 0 Å². The Morgan fingerprint density at radius 3 is 2.59 bits per heavy atom. The van der Waals surface area contributed by atoms with Crippen molar-refractivity contribution in [2.45, 2.75) is 50.9 Å². The van der Waals surface area contributed by atoms with Gasteiger partial charge in [-0.1, -0.05) is 0 Å². The van der Waals surface area contributed by atoms with Gasteiger partial charge >= 0.3 is 5.97 Å². The van der Waals surface area contributed by atoms with Crippen LogP contribution < -0.4 is 5.32 Å². The highest BCUT2D eigenvalue weighted by molar-refractivity contribution is 5.81. The highest BCUT2D eigenvalue weighted by atomic mass is 16.5. The fraction of sp³-hybridized carbons (Fsp3) is 0.818. The SMILES string of the molecule is CC1CCC(C(=O)NCC(C)(O)CC(=O)O)O1. The minimum atomic E-state index is -1.44. The molecule has 6 heteroatoms. The van der Waals surface area contributed by atoms with Crippen molar-refractivity contribution in [2.75, 3.05) is 6.54 Å². The zero-order valence-electron chi connectivity index (χ0n) is 10.1. The predicted molar refractivity (Wildman–Crippen MR) is 59.5 cm³/mol.